The lowest BCUT2D eigenvalue weighted by molar-refractivity contribution is -0.177. The molecule has 1 aromatic heterocycles. The van der Waals surface area contributed by atoms with E-state index in [4.69, 9.17) is 19.2 Å². The van der Waals surface area contributed by atoms with Gasteiger partial charge in [-0.2, -0.15) is 0 Å². The summed E-state index contributed by atoms with van der Waals surface area (Å²) in [6.07, 6.45) is 3.52. The second-order valence-electron chi connectivity index (χ2n) is 19.6. The van der Waals surface area contributed by atoms with Crippen LogP contribution in [-0.2, 0) is 34.1 Å². The molecule has 4 N–H and O–H groups in total. The first-order valence-corrected chi connectivity index (χ1v) is 25.9. The van der Waals surface area contributed by atoms with Crippen molar-refractivity contribution in [2.75, 3.05) is 30.5 Å². The summed E-state index contributed by atoms with van der Waals surface area (Å²) in [6.45, 7) is 3.11. The van der Waals surface area contributed by atoms with Crippen LogP contribution in [-0.4, -0.2) is 87.9 Å². The zero-order valence-corrected chi connectivity index (χ0v) is 42.0. The number of esters is 2. The molecule has 4 amide bonds. The molecule has 0 bridgehead atoms. The van der Waals surface area contributed by atoms with Crippen molar-refractivity contribution in [2.24, 2.45) is 11.8 Å². The summed E-state index contributed by atoms with van der Waals surface area (Å²) in [5, 5.41) is 27.7. The number of hydrogen-bond acceptors (Lipinski definition) is 13. The molecule has 4 aliphatic rings. The molecule has 4 heterocycles. The van der Waals surface area contributed by atoms with Crippen LogP contribution in [0, 0.1) is 23.7 Å². The Labute approximate surface area is 432 Å². The van der Waals surface area contributed by atoms with Gasteiger partial charge in [0.1, 0.15) is 41.6 Å². The van der Waals surface area contributed by atoms with Gasteiger partial charge in [0.2, 0.25) is 11.8 Å². The molecule has 7 atom stereocenters. The number of nitrogens with one attached hydrogen (secondary N) is 2. The number of amides is 4. The van der Waals surface area contributed by atoms with Crippen LogP contribution in [0.4, 0.5) is 15.6 Å². The average Bonchev–Trinajstić information content (AvgIpc) is 3.99. The van der Waals surface area contributed by atoms with Crippen molar-refractivity contribution in [3.63, 3.8) is 0 Å². The first-order chi connectivity index (χ1) is 35.9. The van der Waals surface area contributed by atoms with Crippen LogP contribution in [0.15, 0.2) is 127 Å². The number of anilines is 2. The van der Waals surface area contributed by atoms with Gasteiger partial charge in [-0.15, -0.1) is 0 Å². The normalized spacial score (nSPS) is 23.5. The molecule has 380 valence electrons. The quantitative estimate of drug-likeness (QED) is 0.0551. The van der Waals surface area contributed by atoms with E-state index in [1.807, 2.05) is 89.8 Å². The number of benzene rings is 5. The molecule has 3 fully saturated rings. The van der Waals surface area contributed by atoms with Crippen molar-refractivity contribution >= 4 is 62.2 Å². The number of morpholine rings is 1. The number of cyclic esters (lactones) is 1. The van der Waals surface area contributed by atoms with Gasteiger partial charge in [-0.05, 0) is 96.3 Å². The number of aromatic nitrogens is 1. The van der Waals surface area contributed by atoms with Gasteiger partial charge in [-0.1, -0.05) is 135 Å². The van der Waals surface area contributed by atoms with Crippen molar-refractivity contribution < 1.29 is 48.4 Å². The third kappa shape index (κ3) is 9.08. The molecule has 5 aromatic carbocycles. The lowest BCUT2D eigenvalue weighted by Gasteiger charge is -2.46. The molecule has 15 nitrogen and oxygen atoms in total. The molecule has 0 unspecified atom stereocenters. The Balaban J connectivity index is 1.28. The second kappa shape index (κ2) is 20.8. The SMILES string of the molecule is COC(=O)[C@@H](NC(=O)N1C(=O)[C@@]2(c3cc(C#CC4(O)CCCCCC4)ccc31)[C@H](c1cccc(OCCO)c1)N1[C@H](c3ccccc3)[C@H](c3ccccc3)OC(=O)[C@H]1[C@@H]2C(=O)Nc1nc2ccccc2s1)C(C)C. The number of carbonyl (C=O) groups excluding carboxylic acids is 5. The van der Waals surface area contributed by atoms with Crippen LogP contribution >= 0.6 is 11.3 Å². The fourth-order valence-corrected chi connectivity index (χ4v) is 12.4. The molecule has 1 aliphatic carbocycles. The number of aliphatic hydroxyl groups is 2. The maximum Gasteiger partial charge on any atom is 0.329 e. The minimum Gasteiger partial charge on any atom is -0.491 e. The van der Waals surface area contributed by atoms with Crippen LogP contribution < -0.4 is 20.3 Å². The number of methoxy groups -OCH3 is 1. The Hall–Kier alpha value is -7.42. The minimum atomic E-state index is -2.19. The first kappa shape index (κ1) is 50.1. The van der Waals surface area contributed by atoms with E-state index >= 15 is 19.2 Å². The summed E-state index contributed by atoms with van der Waals surface area (Å²) < 4.78 is 18.6. The molecule has 1 saturated carbocycles. The van der Waals surface area contributed by atoms with Gasteiger partial charge in [0.15, 0.2) is 5.13 Å². The monoisotopic (exact) mass is 1020 g/mol. The van der Waals surface area contributed by atoms with E-state index in [1.165, 1.54) is 18.4 Å². The molecule has 74 heavy (non-hydrogen) atoms. The topological polar surface area (TPSA) is 197 Å². The van der Waals surface area contributed by atoms with Gasteiger partial charge in [0.25, 0.3) is 0 Å². The van der Waals surface area contributed by atoms with Crippen LogP contribution in [0.2, 0.25) is 0 Å². The van der Waals surface area contributed by atoms with Crippen molar-refractivity contribution in [1.82, 2.24) is 15.2 Å². The lowest BCUT2D eigenvalue weighted by atomic mass is 9.65. The zero-order chi connectivity index (χ0) is 51.7. The Morgan fingerprint density at radius 3 is 2.23 bits per heavy atom. The number of ether oxygens (including phenoxy) is 3. The summed E-state index contributed by atoms with van der Waals surface area (Å²) in [7, 11) is 1.21. The Morgan fingerprint density at radius 2 is 1.54 bits per heavy atom. The standard InChI is InChI=1S/C58H57N5O10S/c1-35(2)46(52(66)71-3)60-56(69)62-43-26-25-36(27-30-57(70)28-14-4-5-15-29-57)33-41(43)58(54(62)68)45(51(65)61-55-59-42-23-12-13-24-44(42)74-55)48-53(67)73-49(38-19-10-7-11-20-38)47(37-17-8-6-9-18-37)63(48)50(58)39-21-16-22-40(34-39)72-32-31-64/h6-13,16-26,33-35,45-50,64,70H,4-5,14-15,28-29,31-32H2,1-3H3,(H,60,69)(H,59,61,65)/t45-,46+,47-,48-,49+,50+,58-/m1/s1. The van der Waals surface area contributed by atoms with Crippen LogP contribution in [0.5, 0.6) is 5.75 Å². The number of fused-ring (bicyclic) bond motifs is 4. The van der Waals surface area contributed by atoms with E-state index < -0.39 is 82.9 Å². The van der Waals surface area contributed by atoms with Gasteiger partial charge in [-0.3, -0.25) is 19.3 Å². The molecule has 3 aliphatic heterocycles. The van der Waals surface area contributed by atoms with Crippen LogP contribution in [0.25, 0.3) is 10.2 Å². The Kier molecular flexibility index (Phi) is 14.1. The predicted octanol–water partition coefficient (Wildman–Crippen LogP) is 8.32. The number of aliphatic hydroxyl groups excluding tert-OH is 1. The van der Waals surface area contributed by atoms with E-state index in [1.54, 1.807) is 56.3 Å². The molecule has 6 aromatic rings. The van der Waals surface area contributed by atoms with Gasteiger partial charge in [0.05, 0.1) is 47.6 Å². The Morgan fingerprint density at radius 1 is 0.851 bits per heavy atom. The third-order valence-electron chi connectivity index (χ3n) is 14.8. The van der Waals surface area contributed by atoms with E-state index in [-0.39, 0.29) is 29.6 Å². The second-order valence-corrected chi connectivity index (χ2v) is 20.7. The molecule has 1 spiro atoms. The highest BCUT2D eigenvalue weighted by Crippen LogP contribution is 2.66. The van der Waals surface area contributed by atoms with Crippen molar-refractivity contribution in [1.29, 1.82) is 0 Å². The lowest BCUT2D eigenvalue weighted by Crippen LogP contribution is -2.57. The number of nitrogens with zero attached hydrogens (tertiary/aromatic N) is 3. The summed E-state index contributed by atoms with van der Waals surface area (Å²) in [5.74, 6) is 1.40. The highest BCUT2D eigenvalue weighted by Gasteiger charge is 2.76. The maximum atomic E-state index is 16.9. The molecular weight excluding hydrogens is 959 g/mol. The molecule has 0 radical (unpaired) electrons. The van der Waals surface area contributed by atoms with Crippen LogP contribution in [0.3, 0.4) is 0 Å². The largest absolute Gasteiger partial charge is 0.491 e. The summed E-state index contributed by atoms with van der Waals surface area (Å²) in [4.78, 5) is 84.7. The first-order valence-electron chi connectivity index (χ1n) is 25.1. The number of thiazole rings is 1. The predicted molar refractivity (Wildman–Crippen MR) is 278 cm³/mol. The van der Waals surface area contributed by atoms with Gasteiger partial charge in [-0.25, -0.2) is 19.5 Å². The minimum absolute atomic E-state index is 0.0604. The number of rotatable bonds is 11. The van der Waals surface area contributed by atoms with E-state index in [9.17, 15) is 15.0 Å². The van der Waals surface area contributed by atoms with Crippen molar-refractivity contribution in [3.8, 4) is 17.6 Å². The molecule has 10 rings (SSSR count). The number of urea groups is 1. The summed E-state index contributed by atoms with van der Waals surface area (Å²) in [5.41, 5.74) is -0.412. The number of hydrogen-bond donors (Lipinski definition) is 4. The van der Waals surface area contributed by atoms with Gasteiger partial charge >= 0.3 is 18.0 Å². The molecular formula is C58H57N5O10S. The third-order valence-corrected chi connectivity index (χ3v) is 15.7. The molecule has 16 heteroatoms. The van der Waals surface area contributed by atoms with E-state index in [0.717, 1.165) is 35.3 Å². The van der Waals surface area contributed by atoms with E-state index in [0.29, 0.717) is 46.4 Å². The smallest absolute Gasteiger partial charge is 0.329 e. The molecule has 2 saturated heterocycles. The van der Waals surface area contributed by atoms with Gasteiger partial charge < -0.3 is 35.1 Å². The number of carbonyl (C=O) groups is 5. The Bertz CT molecular complexity index is 3130. The maximum absolute atomic E-state index is 16.9. The number of para-hydroxylation sites is 1. The fourth-order valence-electron chi connectivity index (χ4n) is 11.5. The number of imide groups is 1. The van der Waals surface area contributed by atoms with Gasteiger partial charge in [0, 0.05) is 5.56 Å². The highest BCUT2D eigenvalue weighted by atomic mass is 32.1. The van der Waals surface area contributed by atoms with E-state index in [2.05, 4.69) is 22.5 Å². The fraction of sp³-hybridized carbons (Fsp3) is 0.345. The average molecular weight is 1020 g/mol. The van der Waals surface area contributed by atoms with Crippen molar-refractivity contribution in [3.05, 3.63) is 155 Å². The summed E-state index contributed by atoms with van der Waals surface area (Å²) in [6, 6.07) is 32.1. The summed E-state index contributed by atoms with van der Waals surface area (Å²) >= 11 is 1.22. The highest BCUT2D eigenvalue weighted by molar-refractivity contribution is 7.22. The zero-order valence-electron chi connectivity index (χ0n) is 41.2. The van der Waals surface area contributed by atoms with Crippen LogP contribution in [0.1, 0.15) is 98.4 Å². The van der Waals surface area contributed by atoms with Crippen molar-refractivity contribution in [2.45, 2.75) is 93.7 Å².